The summed E-state index contributed by atoms with van der Waals surface area (Å²) in [5.41, 5.74) is -1.25. The fourth-order valence-corrected chi connectivity index (χ4v) is 2.32. The molecule has 1 heterocycles. The zero-order valence-electron chi connectivity index (χ0n) is 10.4. The van der Waals surface area contributed by atoms with Crippen molar-refractivity contribution in [3.8, 4) is 0 Å². The van der Waals surface area contributed by atoms with Gasteiger partial charge in [-0.25, -0.2) is 9.59 Å². The Hall–Kier alpha value is -1.30. The van der Waals surface area contributed by atoms with Crippen molar-refractivity contribution in [1.82, 2.24) is 10.6 Å². The Morgan fingerprint density at radius 1 is 1.39 bits per heavy atom. The monoisotopic (exact) mass is 256 g/mol. The molecule has 0 aromatic carbocycles. The molecule has 1 saturated carbocycles. The van der Waals surface area contributed by atoms with Gasteiger partial charge in [-0.05, 0) is 12.3 Å². The van der Waals surface area contributed by atoms with E-state index in [9.17, 15) is 9.59 Å². The van der Waals surface area contributed by atoms with Crippen LogP contribution in [0.15, 0.2) is 0 Å². The average molecular weight is 256 g/mol. The van der Waals surface area contributed by atoms with Crippen LogP contribution >= 0.6 is 0 Å². The maximum absolute atomic E-state index is 11.7. The molecule has 1 aliphatic heterocycles. The van der Waals surface area contributed by atoms with Crippen molar-refractivity contribution in [2.75, 3.05) is 19.8 Å². The third kappa shape index (κ3) is 2.93. The molecule has 0 radical (unpaired) electrons. The van der Waals surface area contributed by atoms with Crippen LogP contribution in [0, 0.1) is 5.92 Å². The third-order valence-electron chi connectivity index (χ3n) is 3.85. The molecule has 2 amide bonds. The molecule has 3 N–H and O–H groups in total. The molecule has 1 unspecified atom stereocenters. The normalized spacial score (nSPS) is 27.6. The first-order valence-corrected chi connectivity index (χ1v) is 6.49. The molecule has 1 saturated heterocycles. The third-order valence-corrected chi connectivity index (χ3v) is 3.85. The number of aliphatic carboxylic acids is 1. The zero-order valence-corrected chi connectivity index (χ0v) is 10.4. The van der Waals surface area contributed by atoms with Crippen LogP contribution < -0.4 is 10.6 Å². The molecule has 6 heteroatoms. The number of carboxylic acid groups (broad SMARTS) is 1. The molecule has 0 bridgehead atoms. The highest BCUT2D eigenvalue weighted by atomic mass is 16.5. The van der Waals surface area contributed by atoms with Gasteiger partial charge in [0.25, 0.3) is 0 Å². The Morgan fingerprint density at radius 3 is 2.67 bits per heavy atom. The SMILES string of the molecule is O=C(NCCC1CCC1)NC1(C(=O)O)CCOC1. The molecule has 0 spiro atoms. The van der Waals surface area contributed by atoms with E-state index in [0.29, 0.717) is 19.6 Å². The van der Waals surface area contributed by atoms with E-state index in [1.54, 1.807) is 0 Å². The van der Waals surface area contributed by atoms with E-state index in [4.69, 9.17) is 9.84 Å². The van der Waals surface area contributed by atoms with E-state index in [0.717, 1.165) is 12.3 Å². The van der Waals surface area contributed by atoms with E-state index >= 15 is 0 Å². The van der Waals surface area contributed by atoms with E-state index < -0.39 is 17.5 Å². The highest BCUT2D eigenvalue weighted by Gasteiger charge is 2.43. The van der Waals surface area contributed by atoms with Gasteiger partial charge in [-0.15, -0.1) is 0 Å². The van der Waals surface area contributed by atoms with E-state index in [1.807, 2.05) is 0 Å². The number of carboxylic acids is 1. The lowest BCUT2D eigenvalue weighted by Crippen LogP contribution is -2.57. The molecule has 102 valence electrons. The van der Waals surface area contributed by atoms with Crippen LogP contribution in [0.2, 0.25) is 0 Å². The average Bonchev–Trinajstić information content (AvgIpc) is 2.71. The summed E-state index contributed by atoms with van der Waals surface area (Å²) in [6.45, 7) is 1.01. The maximum atomic E-state index is 11.7. The summed E-state index contributed by atoms with van der Waals surface area (Å²) < 4.78 is 5.07. The summed E-state index contributed by atoms with van der Waals surface area (Å²) in [7, 11) is 0. The van der Waals surface area contributed by atoms with Crippen LogP contribution in [0.5, 0.6) is 0 Å². The molecule has 2 aliphatic rings. The summed E-state index contributed by atoms with van der Waals surface area (Å²) in [6, 6.07) is -0.415. The van der Waals surface area contributed by atoms with Crippen molar-refractivity contribution in [2.45, 2.75) is 37.6 Å². The Bertz CT molecular complexity index is 322. The molecule has 1 aliphatic carbocycles. The quantitative estimate of drug-likeness (QED) is 0.676. The molecule has 2 rings (SSSR count). The molecule has 6 nitrogen and oxygen atoms in total. The van der Waals surface area contributed by atoms with Crippen molar-refractivity contribution in [3.63, 3.8) is 0 Å². The summed E-state index contributed by atoms with van der Waals surface area (Å²) in [5.74, 6) is -0.303. The van der Waals surface area contributed by atoms with Gasteiger partial charge >= 0.3 is 12.0 Å². The van der Waals surface area contributed by atoms with Gasteiger partial charge in [0.1, 0.15) is 0 Å². The standard InChI is InChI=1S/C12H20N2O4/c15-10(16)12(5-7-18-8-12)14-11(17)13-6-4-9-2-1-3-9/h9H,1-8H2,(H,15,16)(H2,13,14,17). The summed E-state index contributed by atoms with van der Waals surface area (Å²) in [4.78, 5) is 22.8. The van der Waals surface area contributed by atoms with Crippen LogP contribution in [-0.4, -0.2) is 42.4 Å². The molecular formula is C12H20N2O4. The number of hydrogen-bond donors (Lipinski definition) is 3. The molecule has 0 aromatic rings. The maximum Gasteiger partial charge on any atom is 0.332 e. The predicted molar refractivity (Wildman–Crippen MR) is 64.3 cm³/mol. The second-order valence-electron chi connectivity index (χ2n) is 5.16. The van der Waals surface area contributed by atoms with Gasteiger partial charge in [-0.1, -0.05) is 19.3 Å². The van der Waals surface area contributed by atoms with Gasteiger partial charge in [0.2, 0.25) is 0 Å². The van der Waals surface area contributed by atoms with Crippen molar-refractivity contribution in [1.29, 1.82) is 0 Å². The number of carbonyl (C=O) groups excluding carboxylic acids is 1. The first-order chi connectivity index (χ1) is 8.62. The smallest absolute Gasteiger partial charge is 0.332 e. The second-order valence-corrected chi connectivity index (χ2v) is 5.16. The molecule has 1 atom stereocenters. The van der Waals surface area contributed by atoms with Crippen LogP contribution in [0.3, 0.4) is 0 Å². The van der Waals surface area contributed by atoms with Gasteiger partial charge < -0.3 is 20.5 Å². The summed E-state index contributed by atoms with van der Waals surface area (Å²) >= 11 is 0. The van der Waals surface area contributed by atoms with Crippen LogP contribution in [0.25, 0.3) is 0 Å². The lowest BCUT2D eigenvalue weighted by molar-refractivity contribution is -0.144. The fraction of sp³-hybridized carbons (Fsp3) is 0.833. The van der Waals surface area contributed by atoms with Crippen molar-refractivity contribution in [2.24, 2.45) is 5.92 Å². The summed E-state index contributed by atoms with van der Waals surface area (Å²) in [5, 5.41) is 14.4. The van der Waals surface area contributed by atoms with Gasteiger partial charge in [-0.2, -0.15) is 0 Å². The van der Waals surface area contributed by atoms with Crippen molar-refractivity contribution in [3.05, 3.63) is 0 Å². The number of amides is 2. The summed E-state index contributed by atoms with van der Waals surface area (Å²) in [6.07, 6.45) is 5.07. The first-order valence-electron chi connectivity index (χ1n) is 6.49. The number of urea groups is 1. The largest absolute Gasteiger partial charge is 0.479 e. The first kappa shape index (κ1) is 13.1. The lowest BCUT2D eigenvalue weighted by Gasteiger charge is -2.26. The van der Waals surface area contributed by atoms with Crippen LogP contribution in [0.4, 0.5) is 4.79 Å². The number of hydrogen-bond acceptors (Lipinski definition) is 3. The number of carbonyl (C=O) groups is 2. The van der Waals surface area contributed by atoms with Gasteiger partial charge in [-0.3, -0.25) is 0 Å². The number of nitrogens with one attached hydrogen (secondary N) is 2. The Kier molecular flexibility index (Phi) is 4.06. The Labute approximate surface area is 106 Å². The Morgan fingerprint density at radius 2 is 2.17 bits per heavy atom. The topological polar surface area (TPSA) is 87.7 Å². The predicted octanol–water partition coefficient (Wildman–Crippen LogP) is 0.719. The number of rotatable bonds is 5. The Balaban J connectivity index is 1.72. The van der Waals surface area contributed by atoms with Crippen molar-refractivity contribution < 1.29 is 19.4 Å². The number of ether oxygens (including phenoxy) is 1. The van der Waals surface area contributed by atoms with Crippen LogP contribution in [0.1, 0.15) is 32.1 Å². The zero-order chi connectivity index (χ0) is 13.0. The highest BCUT2D eigenvalue weighted by Crippen LogP contribution is 2.28. The second kappa shape index (κ2) is 5.56. The van der Waals surface area contributed by atoms with E-state index in [2.05, 4.69) is 10.6 Å². The van der Waals surface area contributed by atoms with Crippen LogP contribution in [-0.2, 0) is 9.53 Å². The minimum absolute atomic E-state index is 0.0401. The minimum Gasteiger partial charge on any atom is -0.479 e. The molecule has 0 aromatic heterocycles. The fourth-order valence-electron chi connectivity index (χ4n) is 2.32. The molecule has 2 fully saturated rings. The minimum atomic E-state index is -1.25. The highest BCUT2D eigenvalue weighted by molar-refractivity contribution is 5.86. The van der Waals surface area contributed by atoms with Gasteiger partial charge in [0, 0.05) is 19.6 Å². The molecule has 18 heavy (non-hydrogen) atoms. The van der Waals surface area contributed by atoms with Gasteiger partial charge in [0.05, 0.1) is 6.61 Å². The van der Waals surface area contributed by atoms with E-state index in [-0.39, 0.29) is 6.61 Å². The van der Waals surface area contributed by atoms with Gasteiger partial charge in [0.15, 0.2) is 5.54 Å². The molecular weight excluding hydrogens is 236 g/mol. The van der Waals surface area contributed by atoms with E-state index in [1.165, 1.54) is 19.3 Å². The lowest BCUT2D eigenvalue weighted by atomic mass is 9.83. The van der Waals surface area contributed by atoms with Crippen molar-refractivity contribution >= 4 is 12.0 Å².